The molecule has 3 heterocycles. The molecule has 1 amide bonds. The zero-order chi connectivity index (χ0) is 21.3. The third-order valence-electron chi connectivity index (χ3n) is 5.10. The van der Waals surface area contributed by atoms with Crippen molar-refractivity contribution in [2.24, 2.45) is 0 Å². The van der Waals surface area contributed by atoms with Gasteiger partial charge in [0.05, 0.1) is 11.9 Å². The molecule has 3 aromatic rings. The normalized spacial score (nSPS) is 14.0. The molecule has 1 aromatic carbocycles. The van der Waals surface area contributed by atoms with Crippen LogP contribution in [0.15, 0.2) is 36.7 Å². The van der Waals surface area contributed by atoms with E-state index in [0.29, 0.717) is 24.5 Å². The molecule has 0 radical (unpaired) electrons. The molecule has 0 saturated carbocycles. The van der Waals surface area contributed by atoms with Crippen LogP contribution in [0.4, 0.5) is 15.9 Å². The Morgan fingerprint density at radius 3 is 2.97 bits per heavy atom. The molecule has 156 valence electrons. The number of carbonyl (C=O) groups excluding carboxylic acids is 1. The highest BCUT2D eigenvalue weighted by Gasteiger charge is 2.25. The largest absolute Gasteiger partial charge is 0.340 e. The van der Waals surface area contributed by atoms with Crippen molar-refractivity contribution in [3.63, 3.8) is 0 Å². The SMILES string of the molecule is Cc1cc(Nc2ncnc3sc4c(c23)CCN(C(=O)/C=C/CN(C)C)C4)ccc1F. The van der Waals surface area contributed by atoms with Gasteiger partial charge in [0.2, 0.25) is 5.91 Å². The Morgan fingerprint density at radius 2 is 2.20 bits per heavy atom. The highest BCUT2D eigenvalue weighted by molar-refractivity contribution is 7.19. The fourth-order valence-corrected chi connectivity index (χ4v) is 4.74. The Kier molecular flexibility index (Phi) is 5.78. The second kappa shape index (κ2) is 8.49. The molecule has 30 heavy (non-hydrogen) atoms. The number of halogens is 1. The number of amides is 1. The smallest absolute Gasteiger partial charge is 0.246 e. The molecule has 1 N–H and O–H groups in total. The van der Waals surface area contributed by atoms with E-state index in [2.05, 4.69) is 15.3 Å². The Hall–Kier alpha value is -2.84. The maximum atomic E-state index is 13.6. The summed E-state index contributed by atoms with van der Waals surface area (Å²) in [7, 11) is 3.94. The number of carbonyl (C=O) groups is 1. The van der Waals surface area contributed by atoms with Gasteiger partial charge in [-0.05, 0) is 56.8 Å². The molecule has 0 atom stereocenters. The zero-order valence-corrected chi connectivity index (χ0v) is 18.1. The van der Waals surface area contributed by atoms with Crippen LogP contribution in [0.1, 0.15) is 16.0 Å². The third-order valence-corrected chi connectivity index (χ3v) is 6.23. The summed E-state index contributed by atoms with van der Waals surface area (Å²) >= 11 is 1.60. The lowest BCUT2D eigenvalue weighted by Gasteiger charge is -2.26. The highest BCUT2D eigenvalue weighted by atomic mass is 32.1. The summed E-state index contributed by atoms with van der Waals surface area (Å²) in [6.45, 7) is 3.72. The summed E-state index contributed by atoms with van der Waals surface area (Å²) in [6.07, 6.45) is 5.84. The van der Waals surface area contributed by atoms with Crippen LogP contribution in [0.5, 0.6) is 0 Å². The number of hydrogen-bond acceptors (Lipinski definition) is 6. The van der Waals surface area contributed by atoms with Gasteiger partial charge >= 0.3 is 0 Å². The monoisotopic (exact) mass is 425 g/mol. The lowest BCUT2D eigenvalue weighted by molar-refractivity contribution is -0.126. The Balaban J connectivity index is 1.59. The van der Waals surface area contributed by atoms with Crippen LogP contribution in [-0.4, -0.2) is 52.9 Å². The van der Waals surface area contributed by atoms with Crippen LogP contribution >= 0.6 is 11.3 Å². The predicted molar refractivity (Wildman–Crippen MR) is 119 cm³/mol. The summed E-state index contributed by atoms with van der Waals surface area (Å²) in [5.41, 5.74) is 2.56. The van der Waals surface area contributed by atoms with Crippen LogP contribution in [0.2, 0.25) is 0 Å². The van der Waals surface area contributed by atoms with Gasteiger partial charge in [-0.3, -0.25) is 4.79 Å². The molecule has 0 aliphatic carbocycles. The lowest BCUT2D eigenvalue weighted by Crippen LogP contribution is -2.34. The number of thiophene rings is 1. The van der Waals surface area contributed by atoms with Crippen molar-refractivity contribution in [2.45, 2.75) is 19.9 Å². The van der Waals surface area contributed by atoms with Crippen LogP contribution in [-0.2, 0) is 17.8 Å². The molecule has 4 rings (SSSR count). The minimum Gasteiger partial charge on any atom is -0.340 e. The van der Waals surface area contributed by atoms with Crippen LogP contribution in [0.25, 0.3) is 10.2 Å². The molecular formula is C22H24FN5OS. The van der Waals surface area contributed by atoms with Gasteiger partial charge in [-0.2, -0.15) is 0 Å². The van der Waals surface area contributed by atoms with E-state index in [4.69, 9.17) is 0 Å². The van der Waals surface area contributed by atoms with Crippen molar-refractivity contribution < 1.29 is 9.18 Å². The minimum atomic E-state index is -0.231. The number of aryl methyl sites for hydroxylation is 1. The van der Waals surface area contributed by atoms with E-state index in [1.54, 1.807) is 36.5 Å². The highest BCUT2D eigenvalue weighted by Crippen LogP contribution is 2.38. The molecule has 8 heteroatoms. The van der Waals surface area contributed by atoms with E-state index in [-0.39, 0.29) is 11.7 Å². The molecular weight excluding hydrogens is 401 g/mol. The molecule has 6 nitrogen and oxygen atoms in total. The van der Waals surface area contributed by atoms with Crippen molar-refractivity contribution in [1.82, 2.24) is 19.8 Å². The third kappa shape index (κ3) is 4.20. The van der Waals surface area contributed by atoms with Crippen molar-refractivity contribution in [3.8, 4) is 0 Å². The minimum absolute atomic E-state index is 0.0335. The molecule has 1 aliphatic heterocycles. The number of likely N-dealkylation sites (N-methyl/N-ethyl adjacent to an activating group) is 1. The van der Waals surface area contributed by atoms with E-state index >= 15 is 0 Å². The number of benzene rings is 1. The first-order valence-corrected chi connectivity index (χ1v) is 10.6. The van der Waals surface area contributed by atoms with Gasteiger partial charge in [0, 0.05) is 29.7 Å². The second-order valence-corrected chi connectivity index (χ2v) is 8.75. The standard InChI is InChI=1S/C22H24FN5OS/c1-14-11-15(6-7-17(14)23)26-21-20-16-8-10-28(19(29)5-4-9-27(2)3)12-18(16)30-22(20)25-13-24-21/h4-7,11,13H,8-10,12H2,1-3H3,(H,24,25,26)/b5-4+. The molecule has 0 bridgehead atoms. The van der Waals surface area contributed by atoms with E-state index in [1.165, 1.54) is 18.0 Å². The molecule has 0 unspecified atom stereocenters. The molecule has 0 saturated heterocycles. The Bertz CT molecular complexity index is 1120. The van der Waals surface area contributed by atoms with Gasteiger partial charge in [0.15, 0.2) is 0 Å². The van der Waals surface area contributed by atoms with Crippen LogP contribution < -0.4 is 5.32 Å². The first-order valence-electron chi connectivity index (χ1n) is 9.81. The van der Waals surface area contributed by atoms with Gasteiger partial charge in [-0.25, -0.2) is 14.4 Å². The lowest BCUT2D eigenvalue weighted by atomic mass is 10.0. The van der Waals surface area contributed by atoms with E-state index in [9.17, 15) is 9.18 Å². The van der Waals surface area contributed by atoms with Crippen molar-refractivity contribution in [2.75, 3.05) is 32.5 Å². The predicted octanol–water partition coefficient (Wildman–Crippen LogP) is 3.88. The molecule has 1 aliphatic rings. The summed E-state index contributed by atoms with van der Waals surface area (Å²) < 4.78 is 13.6. The van der Waals surface area contributed by atoms with Crippen molar-refractivity contribution in [3.05, 3.63) is 58.5 Å². The number of nitrogens with zero attached hydrogens (tertiary/aromatic N) is 4. The number of hydrogen-bond donors (Lipinski definition) is 1. The zero-order valence-electron chi connectivity index (χ0n) is 17.3. The number of aromatic nitrogens is 2. The summed E-state index contributed by atoms with van der Waals surface area (Å²) in [4.78, 5) is 27.3. The maximum absolute atomic E-state index is 13.6. The van der Waals surface area contributed by atoms with Crippen molar-refractivity contribution >= 4 is 39.0 Å². The van der Waals surface area contributed by atoms with Gasteiger partial charge in [-0.15, -0.1) is 11.3 Å². The van der Waals surface area contributed by atoms with Gasteiger partial charge < -0.3 is 15.1 Å². The van der Waals surface area contributed by atoms with Crippen LogP contribution in [0.3, 0.4) is 0 Å². The summed E-state index contributed by atoms with van der Waals surface area (Å²) in [5, 5.41) is 4.31. The quantitative estimate of drug-likeness (QED) is 0.629. The number of rotatable bonds is 5. The van der Waals surface area contributed by atoms with E-state index < -0.39 is 0 Å². The second-order valence-electron chi connectivity index (χ2n) is 7.67. The first-order chi connectivity index (χ1) is 14.4. The van der Waals surface area contributed by atoms with E-state index in [0.717, 1.165) is 33.7 Å². The Labute approximate surface area is 179 Å². The Morgan fingerprint density at radius 1 is 1.37 bits per heavy atom. The number of anilines is 2. The summed E-state index contributed by atoms with van der Waals surface area (Å²) in [5.74, 6) is 0.519. The summed E-state index contributed by atoms with van der Waals surface area (Å²) in [6, 6.07) is 4.92. The number of nitrogens with one attached hydrogen (secondary N) is 1. The molecule has 2 aromatic heterocycles. The van der Waals surface area contributed by atoms with Gasteiger partial charge in [0.1, 0.15) is 22.8 Å². The molecule has 0 spiro atoms. The fourth-order valence-electron chi connectivity index (χ4n) is 3.54. The van der Waals surface area contributed by atoms with Crippen molar-refractivity contribution in [1.29, 1.82) is 0 Å². The van der Waals surface area contributed by atoms with Gasteiger partial charge in [-0.1, -0.05) is 6.08 Å². The molecule has 0 fully saturated rings. The fraction of sp³-hybridized carbons (Fsp3) is 0.318. The maximum Gasteiger partial charge on any atom is 0.246 e. The topological polar surface area (TPSA) is 61.4 Å². The van der Waals surface area contributed by atoms with Gasteiger partial charge in [0.25, 0.3) is 0 Å². The number of fused-ring (bicyclic) bond motifs is 3. The average Bonchev–Trinajstić information content (AvgIpc) is 3.09. The van der Waals surface area contributed by atoms with E-state index in [1.807, 2.05) is 30.0 Å². The average molecular weight is 426 g/mol. The first kappa shape index (κ1) is 20.4. The van der Waals surface area contributed by atoms with Crippen LogP contribution in [0, 0.1) is 12.7 Å².